The van der Waals surface area contributed by atoms with E-state index >= 15 is 0 Å². The number of carboxylic acids is 1. The number of carbonyl (C=O) groups excluding carboxylic acids is 1. The summed E-state index contributed by atoms with van der Waals surface area (Å²) < 4.78 is 1.86. The number of nitrogens with two attached hydrogens (primary N) is 1. The van der Waals surface area contributed by atoms with Crippen LogP contribution < -0.4 is 11.1 Å². The molecule has 1 aliphatic rings. The molecule has 142 valence electrons. The van der Waals surface area contributed by atoms with E-state index in [-0.39, 0.29) is 29.8 Å². The van der Waals surface area contributed by atoms with Crippen LogP contribution in [0.3, 0.4) is 0 Å². The number of rotatable bonds is 3. The second kappa shape index (κ2) is 8.39. The largest absolute Gasteiger partial charge is 0.481 e. The third-order valence-corrected chi connectivity index (χ3v) is 3.85. The minimum Gasteiger partial charge on any atom is -0.481 e. The highest BCUT2D eigenvalue weighted by atomic mass is 16.4. The molecule has 1 fully saturated rings. The van der Waals surface area contributed by atoms with Gasteiger partial charge >= 0.3 is 0 Å². The summed E-state index contributed by atoms with van der Waals surface area (Å²) in [4.78, 5) is 25.1. The van der Waals surface area contributed by atoms with E-state index in [9.17, 15) is 9.90 Å². The third-order valence-electron chi connectivity index (χ3n) is 3.85. The van der Waals surface area contributed by atoms with E-state index in [1.165, 1.54) is 0 Å². The molecular formula is C16H29N5O4. The van der Waals surface area contributed by atoms with Crippen molar-refractivity contribution in [2.45, 2.75) is 70.6 Å². The Morgan fingerprint density at radius 1 is 1.36 bits per heavy atom. The van der Waals surface area contributed by atoms with Gasteiger partial charge in [-0.05, 0) is 33.6 Å². The maximum Gasteiger partial charge on any atom is 0.300 e. The second-order valence-electron chi connectivity index (χ2n) is 7.24. The zero-order chi connectivity index (χ0) is 19.4. The Morgan fingerprint density at radius 3 is 2.32 bits per heavy atom. The molecule has 0 aliphatic heterocycles. The minimum absolute atomic E-state index is 0.0835. The number of nitrogens with zero attached hydrogens (tertiary/aromatic N) is 3. The van der Waals surface area contributed by atoms with Crippen molar-refractivity contribution in [1.82, 2.24) is 20.1 Å². The summed E-state index contributed by atoms with van der Waals surface area (Å²) in [5, 5.41) is 24.3. The maximum atomic E-state index is 11.5. The lowest BCUT2D eigenvalue weighted by molar-refractivity contribution is -0.134. The first kappa shape index (κ1) is 21.0. The van der Waals surface area contributed by atoms with Gasteiger partial charge < -0.3 is 21.3 Å². The van der Waals surface area contributed by atoms with E-state index in [1.54, 1.807) is 7.05 Å². The molecule has 2 rings (SSSR count). The zero-order valence-electron chi connectivity index (χ0n) is 15.5. The predicted molar refractivity (Wildman–Crippen MR) is 92.1 cm³/mol. The van der Waals surface area contributed by atoms with Gasteiger partial charge in [-0.15, -0.1) is 0 Å². The van der Waals surface area contributed by atoms with Crippen LogP contribution in [0.25, 0.3) is 0 Å². The molecule has 1 aromatic heterocycles. The summed E-state index contributed by atoms with van der Waals surface area (Å²) in [6.45, 7) is 7.21. The molecule has 0 saturated heterocycles. The lowest BCUT2D eigenvalue weighted by Gasteiger charge is -2.23. The molecule has 1 saturated carbocycles. The summed E-state index contributed by atoms with van der Waals surface area (Å²) in [6.07, 6.45) is 0.945. The fourth-order valence-corrected chi connectivity index (χ4v) is 2.69. The van der Waals surface area contributed by atoms with Gasteiger partial charge in [0.2, 0.25) is 5.91 Å². The van der Waals surface area contributed by atoms with Gasteiger partial charge in [-0.3, -0.25) is 9.59 Å². The average Bonchev–Trinajstić information content (AvgIpc) is 3.02. The number of hydrogen-bond donors (Lipinski definition) is 4. The van der Waals surface area contributed by atoms with Crippen molar-refractivity contribution < 1.29 is 19.8 Å². The molecule has 5 N–H and O–H groups in total. The van der Waals surface area contributed by atoms with Crippen LogP contribution in [0.4, 0.5) is 0 Å². The van der Waals surface area contributed by atoms with Crippen LogP contribution in [0.15, 0.2) is 0 Å². The van der Waals surface area contributed by atoms with Crippen LogP contribution in [0.1, 0.15) is 58.1 Å². The Morgan fingerprint density at radius 2 is 1.92 bits per heavy atom. The van der Waals surface area contributed by atoms with E-state index in [0.29, 0.717) is 18.7 Å². The van der Waals surface area contributed by atoms with Gasteiger partial charge in [0.15, 0.2) is 5.82 Å². The van der Waals surface area contributed by atoms with Crippen molar-refractivity contribution in [3.05, 3.63) is 11.6 Å². The summed E-state index contributed by atoms with van der Waals surface area (Å²) in [5.74, 6) is 0.457. The summed E-state index contributed by atoms with van der Waals surface area (Å²) in [5.41, 5.74) is 5.67. The van der Waals surface area contributed by atoms with E-state index in [0.717, 1.165) is 12.7 Å². The zero-order valence-corrected chi connectivity index (χ0v) is 15.5. The fraction of sp³-hybridized carbons (Fsp3) is 0.750. The first-order valence-corrected chi connectivity index (χ1v) is 8.25. The number of carboxylic acid groups (broad SMARTS) is 1. The standard InChI is InChI=1S/C14H25N5O2.C2H4O2/c1-14(2,3)19-13(8-5-9(15)10(20)6-8)17-11(18-19)7-12(21)16-4;1-2(3)4/h8-10,20H,5-7,15H2,1-4H3,(H,16,21);1H3,(H,3,4)/t8-,9-,10-;/m0./s1. The van der Waals surface area contributed by atoms with E-state index in [2.05, 4.69) is 15.4 Å². The lowest BCUT2D eigenvalue weighted by Crippen LogP contribution is -2.28. The van der Waals surface area contributed by atoms with Crippen molar-refractivity contribution in [2.24, 2.45) is 5.73 Å². The number of nitrogens with one attached hydrogen (secondary N) is 1. The molecule has 9 heteroatoms. The molecule has 1 aliphatic carbocycles. The molecule has 3 atom stereocenters. The predicted octanol–water partition coefficient (Wildman–Crippen LogP) is -0.0219. The average molecular weight is 355 g/mol. The highest BCUT2D eigenvalue weighted by Gasteiger charge is 2.36. The van der Waals surface area contributed by atoms with Crippen molar-refractivity contribution in [2.75, 3.05) is 7.05 Å². The number of aliphatic hydroxyl groups is 1. The number of aliphatic hydroxyl groups excluding tert-OH is 1. The molecule has 25 heavy (non-hydrogen) atoms. The van der Waals surface area contributed by atoms with Crippen LogP contribution >= 0.6 is 0 Å². The first-order valence-electron chi connectivity index (χ1n) is 8.25. The van der Waals surface area contributed by atoms with Gasteiger partial charge in [-0.25, -0.2) is 9.67 Å². The molecule has 0 bridgehead atoms. The molecule has 1 aromatic rings. The Labute approximate surface area is 147 Å². The van der Waals surface area contributed by atoms with Crippen molar-refractivity contribution in [3.8, 4) is 0 Å². The molecule has 0 radical (unpaired) electrons. The van der Waals surface area contributed by atoms with Gasteiger partial charge in [0.1, 0.15) is 5.82 Å². The quantitative estimate of drug-likeness (QED) is 0.596. The number of likely N-dealkylation sites (N-methyl/N-ethyl adjacent to an activating group) is 1. The lowest BCUT2D eigenvalue weighted by atomic mass is 10.0. The van der Waals surface area contributed by atoms with Gasteiger partial charge in [0.05, 0.1) is 18.1 Å². The number of aromatic nitrogens is 3. The highest BCUT2D eigenvalue weighted by molar-refractivity contribution is 5.77. The normalized spacial score (nSPS) is 22.9. The van der Waals surface area contributed by atoms with Crippen molar-refractivity contribution in [3.63, 3.8) is 0 Å². The molecule has 0 aromatic carbocycles. The monoisotopic (exact) mass is 355 g/mol. The van der Waals surface area contributed by atoms with Crippen LogP contribution in [0.2, 0.25) is 0 Å². The topological polar surface area (TPSA) is 143 Å². The number of amides is 1. The Balaban J connectivity index is 0.000000705. The smallest absolute Gasteiger partial charge is 0.300 e. The Bertz CT molecular complexity index is 594. The minimum atomic E-state index is -0.833. The summed E-state index contributed by atoms with van der Waals surface area (Å²) in [7, 11) is 1.59. The molecule has 1 heterocycles. The van der Waals surface area contributed by atoms with Gasteiger partial charge in [0.25, 0.3) is 5.97 Å². The van der Waals surface area contributed by atoms with Gasteiger partial charge in [-0.1, -0.05) is 0 Å². The van der Waals surface area contributed by atoms with E-state index in [1.807, 2.05) is 25.5 Å². The third kappa shape index (κ3) is 6.09. The SMILES string of the molecule is CC(=O)O.CNC(=O)Cc1nc([C@H]2C[C@H](N)[C@@H](O)C2)n(C(C)(C)C)n1. The fourth-order valence-electron chi connectivity index (χ4n) is 2.69. The Hall–Kier alpha value is -2.00. The summed E-state index contributed by atoms with van der Waals surface area (Å²) in [6, 6.07) is -0.220. The van der Waals surface area contributed by atoms with Crippen LogP contribution in [-0.4, -0.2) is 56.0 Å². The van der Waals surface area contributed by atoms with Crippen LogP contribution in [0, 0.1) is 0 Å². The highest BCUT2D eigenvalue weighted by Crippen LogP contribution is 2.34. The molecule has 9 nitrogen and oxygen atoms in total. The number of hydrogen-bond acceptors (Lipinski definition) is 6. The van der Waals surface area contributed by atoms with Crippen LogP contribution in [0.5, 0.6) is 0 Å². The van der Waals surface area contributed by atoms with Crippen molar-refractivity contribution in [1.29, 1.82) is 0 Å². The molecule has 1 amide bonds. The number of carbonyl (C=O) groups is 2. The van der Waals surface area contributed by atoms with Crippen molar-refractivity contribution >= 4 is 11.9 Å². The molecule has 0 unspecified atom stereocenters. The van der Waals surface area contributed by atoms with Gasteiger partial charge in [-0.2, -0.15) is 5.10 Å². The maximum absolute atomic E-state index is 11.5. The van der Waals surface area contributed by atoms with Gasteiger partial charge in [0, 0.05) is 25.9 Å². The van der Waals surface area contributed by atoms with E-state index < -0.39 is 12.1 Å². The second-order valence-corrected chi connectivity index (χ2v) is 7.24. The molecular weight excluding hydrogens is 326 g/mol. The number of aliphatic carboxylic acids is 1. The Kier molecular flexibility index (Phi) is 7.06. The van der Waals surface area contributed by atoms with Crippen LogP contribution in [-0.2, 0) is 21.5 Å². The first-order chi connectivity index (χ1) is 11.5. The molecule has 0 spiro atoms. The summed E-state index contributed by atoms with van der Waals surface area (Å²) >= 11 is 0. The van der Waals surface area contributed by atoms with E-state index in [4.69, 9.17) is 15.6 Å².